The second-order valence-corrected chi connectivity index (χ2v) is 7.58. The van der Waals surface area contributed by atoms with Gasteiger partial charge in [0.15, 0.2) is 5.16 Å². The molecule has 6 heteroatoms. The summed E-state index contributed by atoms with van der Waals surface area (Å²) >= 11 is 4.97. The molecule has 1 amide bonds. The van der Waals surface area contributed by atoms with Gasteiger partial charge in [0.2, 0.25) is 5.91 Å². The first kappa shape index (κ1) is 16.6. The zero-order chi connectivity index (χ0) is 16.2. The first-order valence-electron chi connectivity index (χ1n) is 7.83. The summed E-state index contributed by atoms with van der Waals surface area (Å²) in [5.74, 6) is 0.688. The van der Waals surface area contributed by atoms with Gasteiger partial charge in [0.25, 0.3) is 0 Å². The number of amides is 1. The zero-order valence-corrected chi connectivity index (χ0v) is 15.6. The van der Waals surface area contributed by atoms with Gasteiger partial charge < -0.3 is 9.47 Å². The Hall–Kier alpha value is -1.27. The Bertz CT molecular complexity index is 678. The highest BCUT2D eigenvalue weighted by molar-refractivity contribution is 9.10. The summed E-state index contributed by atoms with van der Waals surface area (Å²) in [6.07, 6.45) is 5.38. The van der Waals surface area contributed by atoms with Crippen molar-refractivity contribution in [1.82, 2.24) is 14.5 Å². The quantitative estimate of drug-likeness (QED) is 0.737. The highest BCUT2D eigenvalue weighted by Gasteiger charge is 2.18. The summed E-state index contributed by atoms with van der Waals surface area (Å²) in [6, 6.07) is 8.17. The van der Waals surface area contributed by atoms with Crippen LogP contribution < -0.4 is 0 Å². The van der Waals surface area contributed by atoms with Crippen LogP contribution in [0.3, 0.4) is 0 Å². The Labute approximate surface area is 149 Å². The fraction of sp³-hybridized carbons (Fsp3) is 0.412. The number of hydrogen-bond acceptors (Lipinski definition) is 3. The van der Waals surface area contributed by atoms with Crippen LogP contribution in [0.25, 0.3) is 11.3 Å². The topological polar surface area (TPSA) is 38.1 Å². The summed E-state index contributed by atoms with van der Waals surface area (Å²) < 4.78 is 3.11. The first-order valence-corrected chi connectivity index (χ1v) is 9.61. The normalized spacial score (nSPS) is 15.0. The van der Waals surface area contributed by atoms with E-state index in [4.69, 9.17) is 0 Å². The van der Waals surface area contributed by atoms with Crippen LogP contribution in [0.1, 0.15) is 19.3 Å². The fourth-order valence-electron chi connectivity index (χ4n) is 2.78. The number of rotatable bonds is 4. The Kier molecular flexibility index (Phi) is 5.43. The third kappa shape index (κ3) is 3.98. The van der Waals surface area contributed by atoms with Gasteiger partial charge in [0, 0.05) is 24.6 Å². The van der Waals surface area contributed by atoms with Crippen LogP contribution in [0.4, 0.5) is 0 Å². The molecule has 0 spiro atoms. The SMILES string of the molecule is Cn1c(-c2ccc(Br)cc2)cnc1SCC(=O)N1CCCCC1. The lowest BCUT2D eigenvalue weighted by Crippen LogP contribution is -2.36. The monoisotopic (exact) mass is 393 g/mol. The third-order valence-electron chi connectivity index (χ3n) is 4.12. The number of carbonyl (C=O) groups is 1. The van der Waals surface area contributed by atoms with Crippen molar-refractivity contribution < 1.29 is 4.79 Å². The number of imidazole rings is 1. The van der Waals surface area contributed by atoms with Crippen molar-refractivity contribution in [2.75, 3.05) is 18.8 Å². The first-order chi connectivity index (χ1) is 11.1. The van der Waals surface area contributed by atoms with Crippen LogP contribution in [-0.2, 0) is 11.8 Å². The predicted molar refractivity (Wildman–Crippen MR) is 97.5 cm³/mol. The van der Waals surface area contributed by atoms with E-state index in [1.165, 1.54) is 18.2 Å². The Balaban J connectivity index is 1.65. The second kappa shape index (κ2) is 7.53. The maximum Gasteiger partial charge on any atom is 0.233 e. The lowest BCUT2D eigenvalue weighted by atomic mass is 10.1. The van der Waals surface area contributed by atoms with Gasteiger partial charge in [-0.05, 0) is 37.0 Å². The molecule has 1 fully saturated rings. The van der Waals surface area contributed by atoms with Gasteiger partial charge in [-0.2, -0.15) is 0 Å². The van der Waals surface area contributed by atoms with Gasteiger partial charge in [0.05, 0.1) is 17.6 Å². The lowest BCUT2D eigenvalue weighted by molar-refractivity contribution is -0.129. The predicted octanol–water partition coefficient (Wildman–Crippen LogP) is 3.95. The van der Waals surface area contributed by atoms with Gasteiger partial charge in [-0.25, -0.2) is 4.98 Å². The molecule has 4 nitrogen and oxygen atoms in total. The van der Waals surface area contributed by atoms with E-state index in [2.05, 4.69) is 37.6 Å². The molecule has 1 saturated heterocycles. The lowest BCUT2D eigenvalue weighted by Gasteiger charge is -2.26. The van der Waals surface area contributed by atoms with Crippen molar-refractivity contribution in [1.29, 1.82) is 0 Å². The molecule has 1 aromatic carbocycles. The van der Waals surface area contributed by atoms with Crippen LogP contribution in [0.15, 0.2) is 40.1 Å². The van der Waals surface area contributed by atoms with Crippen LogP contribution >= 0.6 is 27.7 Å². The number of likely N-dealkylation sites (tertiary alicyclic amines) is 1. The number of aromatic nitrogens is 2. The van der Waals surface area contributed by atoms with Crippen molar-refractivity contribution >= 4 is 33.6 Å². The average molecular weight is 394 g/mol. The van der Waals surface area contributed by atoms with E-state index in [0.29, 0.717) is 5.75 Å². The summed E-state index contributed by atoms with van der Waals surface area (Å²) in [4.78, 5) is 18.7. The van der Waals surface area contributed by atoms with Gasteiger partial charge >= 0.3 is 0 Å². The molecule has 0 radical (unpaired) electrons. The van der Waals surface area contributed by atoms with Crippen molar-refractivity contribution in [3.05, 3.63) is 34.9 Å². The van der Waals surface area contributed by atoms with Crippen LogP contribution in [-0.4, -0.2) is 39.2 Å². The van der Waals surface area contributed by atoms with Gasteiger partial charge in [-0.1, -0.05) is 39.8 Å². The number of nitrogens with zero attached hydrogens (tertiary/aromatic N) is 3. The second-order valence-electron chi connectivity index (χ2n) is 5.72. The van der Waals surface area contributed by atoms with Crippen molar-refractivity contribution in [3.63, 3.8) is 0 Å². The number of thioether (sulfide) groups is 1. The number of carbonyl (C=O) groups excluding carboxylic acids is 1. The molecule has 0 atom stereocenters. The van der Waals surface area contributed by atoms with E-state index in [9.17, 15) is 4.79 Å². The summed E-state index contributed by atoms with van der Waals surface area (Å²) in [5, 5.41) is 0.883. The standard InChI is InChI=1S/C17H20BrN3OS/c1-20-15(13-5-7-14(18)8-6-13)11-19-17(20)23-12-16(22)21-9-3-2-4-10-21/h5-8,11H,2-4,9-10,12H2,1H3. The molecule has 2 heterocycles. The number of halogens is 1. The van der Waals surface area contributed by atoms with E-state index in [1.807, 2.05) is 30.3 Å². The Morgan fingerprint density at radius 3 is 2.61 bits per heavy atom. The minimum Gasteiger partial charge on any atom is -0.342 e. The molecule has 0 saturated carbocycles. The van der Waals surface area contributed by atoms with Gasteiger partial charge in [0.1, 0.15) is 0 Å². The van der Waals surface area contributed by atoms with E-state index in [0.717, 1.165) is 46.8 Å². The number of hydrogen-bond donors (Lipinski definition) is 0. The van der Waals surface area contributed by atoms with Crippen LogP contribution in [0.2, 0.25) is 0 Å². The molecule has 1 aliphatic rings. The molecule has 122 valence electrons. The molecular weight excluding hydrogens is 374 g/mol. The van der Waals surface area contributed by atoms with E-state index in [1.54, 1.807) is 0 Å². The molecule has 1 aromatic heterocycles. The Morgan fingerprint density at radius 2 is 1.91 bits per heavy atom. The van der Waals surface area contributed by atoms with Crippen molar-refractivity contribution in [3.8, 4) is 11.3 Å². The molecule has 0 aliphatic carbocycles. The molecule has 0 N–H and O–H groups in total. The van der Waals surface area contributed by atoms with Crippen molar-refractivity contribution in [2.24, 2.45) is 7.05 Å². The maximum atomic E-state index is 12.3. The number of benzene rings is 1. The molecule has 1 aliphatic heterocycles. The van der Waals surface area contributed by atoms with Crippen LogP contribution in [0.5, 0.6) is 0 Å². The highest BCUT2D eigenvalue weighted by atomic mass is 79.9. The van der Waals surface area contributed by atoms with E-state index in [-0.39, 0.29) is 5.91 Å². The summed E-state index contributed by atoms with van der Waals surface area (Å²) in [5.41, 5.74) is 2.18. The molecular formula is C17H20BrN3OS. The van der Waals surface area contributed by atoms with Crippen molar-refractivity contribution in [2.45, 2.75) is 24.4 Å². The molecule has 23 heavy (non-hydrogen) atoms. The maximum absolute atomic E-state index is 12.3. The largest absolute Gasteiger partial charge is 0.342 e. The number of piperidine rings is 1. The van der Waals surface area contributed by atoms with E-state index >= 15 is 0 Å². The minimum atomic E-state index is 0.225. The molecule has 0 unspecified atom stereocenters. The molecule has 0 bridgehead atoms. The molecule has 2 aromatic rings. The zero-order valence-electron chi connectivity index (χ0n) is 13.2. The fourth-order valence-corrected chi connectivity index (χ4v) is 3.90. The summed E-state index contributed by atoms with van der Waals surface area (Å²) in [7, 11) is 2.00. The third-order valence-corrected chi connectivity index (χ3v) is 5.68. The minimum absolute atomic E-state index is 0.225. The van der Waals surface area contributed by atoms with Crippen LogP contribution in [0, 0.1) is 0 Å². The molecule has 3 rings (SSSR count). The Morgan fingerprint density at radius 1 is 1.22 bits per heavy atom. The van der Waals surface area contributed by atoms with Gasteiger partial charge in [-0.15, -0.1) is 0 Å². The van der Waals surface area contributed by atoms with E-state index < -0.39 is 0 Å². The highest BCUT2D eigenvalue weighted by Crippen LogP contribution is 2.26. The average Bonchev–Trinajstić information content (AvgIpc) is 2.95. The summed E-state index contributed by atoms with van der Waals surface area (Å²) in [6.45, 7) is 1.81. The van der Waals surface area contributed by atoms with Gasteiger partial charge in [-0.3, -0.25) is 4.79 Å². The smallest absolute Gasteiger partial charge is 0.233 e.